The first kappa shape index (κ1) is 38.1. The van der Waals surface area contributed by atoms with Gasteiger partial charge in [-0.1, -0.05) is 78.9 Å². The summed E-state index contributed by atoms with van der Waals surface area (Å²) >= 11 is 3.36. The van der Waals surface area contributed by atoms with E-state index in [2.05, 4.69) is 30.8 Å². The fourth-order valence-corrected chi connectivity index (χ4v) is 5.88. The SMILES string of the molecule is CN(CCN(C)C(=O)[C@H](Cc1ccccc1)N(Cc1ccc(-c2ccccn2)cc1)C(=O)/C=C/c1ccc(C(F)(F)F)cc1)Cc1ccc(Br)nc1. The Balaban J connectivity index is 1.42. The normalized spacial score (nSPS) is 12.2. The second kappa shape index (κ2) is 17.9. The van der Waals surface area contributed by atoms with E-state index in [-0.39, 0.29) is 18.9 Å². The lowest BCUT2D eigenvalue weighted by molar-refractivity contribution is -0.143. The molecule has 2 aromatic heterocycles. The van der Waals surface area contributed by atoms with Crippen LogP contribution in [0.5, 0.6) is 0 Å². The number of carbonyl (C=O) groups is 2. The largest absolute Gasteiger partial charge is 0.416 e. The minimum atomic E-state index is -4.47. The van der Waals surface area contributed by atoms with Gasteiger partial charge in [0, 0.05) is 63.7 Å². The van der Waals surface area contributed by atoms with Crippen LogP contribution in [0.3, 0.4) is 0 Å². The highest BCUT2D eigenvalue weighted by atomic mass is 79.9. The average molecular weight is 771 g/mol. The zero-order chi connectivity index (χ0) is 37.1. The van der Waals surface area contributed by atoms with Crippen LogP contribution in [-0.4, -0.2) is 69.7 Å². The molecule has 0 spiro atoms. The van der Waals surface area contributed by atoms with E-state index >= 15 is 0 Å². The Hall–Kier alpha value is -5.13. The number of carbonyl (C=O) groups excluding carboxylic acids is 2. The number of nitrogens with zero attached hydrogens (tertiary/aromatic N) is 5. The number of rotatable bonds is 14. The van der Waals surface area contributed by atoms with Crippen LogP contribution in [0, 0.1) is 0 Å². The van der Waals surface area contributed by atoms with Crippen molar-refractivity contribution in [3.8, 4) is 11.3 Å². The number of likely N-dealkylation sites (N-methyl/N-ethyl adjacent to an activating group) is 2. The zero-order valence-electron chi connectivity index (χ0n) is 28.9. The molecule has 0 aliphatic rings. The quantitative estimate of drug-likeness (QED) is 0.0843. The molecular weight excluding hydrogens is 731 g/mol. The van der Waals surface area contributed by atoms with E-state index in [1.54, 1.807) is 29.2 Å². The highest BCUT2D eigenvalue weighted by Crippen LogP contribution is 2.29. The molecule has 11 heteroatoms. The molecule has 3 aromatic carbocycles. The number of hydrogen-bond donors (Lipinski definition) is 0. The molecule has 0 unspecified atom stereocenters. The van der Waals surface area contributed by atoms with Gasteiger partial charge in [-0.2, -0.15) is 13.2 Å². The fourth-order valence-electron chi connectivity index (χ4n) is 5.64. The van der Waals surface area contributed by atoms with Crippen LogP contribution in [0.4, 0.5) is 13.2 Å². The molecule has 268 valence electrons. The molecule has 0 radical (unpaired) electrons. The van der Waals surface area contributed by atoms with Gasteiger partial charge in [0.2, 0.25) is 11.8 Å². The lowest BCUT2D eigenvalue weighted by Crippen LogP contribution is -2.51. The molecule has 1 atom stereocenters. The van der Waals surface area contributed by atoms with Crippen molar-refractivity contribution in [2.24, 2.45) is 0 Å². The predicted octanol–water partition coefficient (Wildman–Crippen LogP) is 8.17. The maximum atomic E-state index is 14.4. The van der Waals surface area contributed by atoms with Gasteiger partial charge in [0.25, 0.3) is 0 Å². The van der Waals surface area contributed by atoms with Gasteiger partial charge < -0.3 is 14.7 Å². The van der Waals surface area contributed by atoms with E-state index in [0.29, 0.717) is 25.2 Å². The first-order valence-electron chi connectivity index (χ1n) is 16.7. The monoisotopic (exact) mass is 769 g/mol. The molecule has 52 heavy (non-hydrogen) atoms. The lowest BCUT2D eigenvalue weighted by Gasteiger charge is -2.34. The minimum absolute atomic E-state index is 0.117. The van der Waals surface area contributed by atoms with Crippen molar-refractivity contribution in [2.45, 2.75) is 31.7 Å². The van der Waals surface area contributed by atoms with Crippen molar-refractivity contribution in [3.63, 3.8) is 0 Å². The molecule has 0 fully saturated rings. The Kier molecular flexibility index (Phi) is 13.1. The summed E-state index contributed by atoms with van der Waals surface area (Å²) in [5, 5.41) is 0. The number of benzene rings is 3. The van der Waals surface area contributed by atoms with E-state index in [9.17, 15) is 22.8 Å². The molecule has 0 saturated carbocycles. The maximum absolute atomic E-state index is 14.4. The van der Waals surface area contributed by atoms with Crippen LogP contribution >= 0.6 is 15.9 Å². The number of halogens is 4. The zero-order valence-corrected chi connectivity index (χ0v) is 30.5. The Morgan fingerprint density at radius 1 is 0.769 bits per heavy atom. The molecule has 0 N–H and O–H groups in total. The van der Waals surface area contributed by atoms with Gasteiger partial charge in [0.15, 0.2) is 0 Å². The first-order valence-corrected chi connectivity index (χ1v) is 17.5. The Morgan fingerprint density at radius 3 is 2.10 bits per heavy atom. The lowest BCUT2D eigenvalue weighted by atomic mass is 10.0. The van der Waals surface area contributed by atoms with Crippen LogP contribution < -0.4 is 0 Å². The molecule has 5 aromatic rings. The number of aromatic nitrogens is 2. The van der Waals surface area contributed by atoms with Gasteiger partial charge in [0.05, 0.1) is 11.3 Å². The van der Waals surface area contributed by atoms with Gasteiger partial charge in [-0.05, 0) is 81.6 Å². The van der Waals surface area contributed by atoms with E-state index in [4.69, 9.17) is 0 Å². The molecule has 0 aliphatic heterocycles. The summed E-state index contributed by atoms with van der Waals surface area (Å²) in [5.41, 5.74) is 4.07. The third kappa shape index (κ3) is 10.9. The van der Waals surface area contributed by atoms with E-state index < -0.39 is 23.7 Å². The molecule has 7 nitrogen and oxygen atoms in total. The molecule has 0 aliphatic carbocycles. The number of hydrogen-bond acceptors (Lipinski definition) is 5. The van der Waals surface area contributed by atoms with Crippen molar-refractivity contribution in [1.82, 2.24) is 24.7 Å². The Labute approximate surface area is 310 Å². The predicted molar refractivity (Wildman–Crippen MR) is 201 cm³/mol. The molecule has 0 bridgehead atoms. The number of pyridine rings is 2. The fraction of sp³-hybridized carbons (Fsp3) is 0.220. The summed E-state index contributed by atoms with van der Waals surface area (Å²) in [4.78, 5) is 42.5. The van der Waals surface area contributed by atoms with Gasteiger partial charge in [-0.25, -0.2) is 4.98 Å². The van der Waals surface area contributed by atoms with Crippen molar-refractivity contribution in [1.29, 1.82) is 0 Å². The first-order chi connectivity index (χ1) is 25.0. The number of alkyl halides is 3. The van der Waals surface area contributed by atoms with Gasteiger partial charge >= 0.3 is 6.18 Å². The summed E-state index contributed by atoms with van der Waals surface area (Å²) in [7, 11) is 3.70. The number of amides is 2. The van der Waals surface area contributed by atoms with Crippen molar-refractivity contribution >= 4 is 33.8 Å². The summed E-state index contributed by atoms with van der Waals surface area (Å²) < 4.78 is 40.2. The summed E-state index contributed by atoms with van der Waals surface area (Å²) in [6, 6.07) is 30.4. The molecule has 5 rings (SSSR count). The van der Waals surface area contributed by atoms with Gasteiger partial charge in [-0.15, -0.1) is 0 Å². The van der Waals surface area contributed by atoms with Crippen molar-refractivity contribution in [3.05, 3.63) is 160 Å². The summed E-state index contributed by atoms with van der Waals surface area (Å²) in [5.74, 6) is -0.680. The van der Waals surface area contributed by atoms with Crippen LogP contribution in [-0.2, 0) is 35.3 Å². The standard InChI is InChI=1S/C41H39BrF3N5O2/c1-48(28-33-15-21-38(42)47-27-33)24-25-49(2)40(52)37(26-31-8-4-3-5-9-31)50(29-32-11-17-34(18-12-32)36-10-6-7-23-46-36)39(51)22-16-30-13-19-35(20-14-30)41(43,44)45/h3-23,27,37H,24-26,28-29H2,1-2H3/b22-16+/t37-/m0/s1. The Bertz CT molecular complexity index is 1920. The molecule has 2 amide bonds. The maximum Gasteiger partial charge on any atom is 0.416 e. The minimum Gasteiger partial charge on any atom is -0.343 e. The third-order valence-electron chi connectivity index (χ3n) is 8.57. The second-order valence-corrected chi connectivity index (χ2v) is 13.3. The molecule has 0 saturated heterocycles. The molecular formula is C41H39BrF3N5O2. The van der Waals surface area contributed by atoms with Crippen molar-refractivity contribution in [2.75, 3.05) is 27.2 Å². The topological polar surface area (TPSA) is 69.6 Å². The third-order valence-corrected chi connectivity index (χ3v) is 9.04. The average Bonchev–Trinajstić information content (AvgIpc) is 3.15. The van der Waals surface area contributed by atoms with Gasteiger partial charge in [0.1, 0.15) is 10.6 Å². The summed E-state index contributed by atoms with van der Waals surface area (Å²) in [6.45, 7) is 1.75. The molecule has 2 heterocycles. The Morgan fingerprint density at radius 2 is 1.46 bits per heavy atom. The van der Waals surface area contributed by atoms with E-state index in [1.807, 2.05) is 92.0 Å². The highest BCUT2D eigenvalue weighted by Gasteiger charge is 2.32. The van der Waals surface area contributed by atoms with Crippen LogP contribution in [0.15, 0.2) is 132 Å². The van der Waals surface area contributed by atoms with Crippen molar-refractivity contribution < 1.29 is 22.8 Å². The second-order valence-electron chi connectivity index (χ2n) is 12.5. The highest BCUT2D eigenvalue weighted by molar-refractivity contribution is 9.10. The van der Waals surface area contributed by atoms with E-state index in [1.165, 1.54) is 24.3 Å². The van der Waals surface area contributed by atoms with Gasteiger partial charge in [-0.3, -0.25) is 14.6 Å². The summed E-state index contributed by atoms with van der Waals surface area (Å²) in [6.07, 6.45) is 2.10. The van der Waals surface area contributed by atoms with Crippen LogP contribution in [0.25, 0.3) is 17.3 Å². The smallest absolute Gasteiger partial charge is 0.343 e. The van der Waals surface area contributed by atoms with Crippen LogP contribution in [0.2, 0.25) is 0 Å². The van der Waals surface area contributed by atoms with Crippen LogP contribution in [0.1, 0.15) is 27.8 Å². The van der Waals surface area contributed by atoms with E-state index in [0.717, 1.165) is 44.7 Å².